The molecule has 0 N–H and O–H groups in total. The van der Waals surface area contributed by atoms with E-state index in [0.717, 1.165) is 12.1 Å². The number of unbranched alkanes of at least 4 members (excludes halogenated alkanes) is 1. The third-order valence-corrected chi connectivity index (χ3v) is 1.68. The number of hydrogen-bond donors (Lipinski definition) is 0. The van der Waals surface area contributed by atoms with Crippen LogP contribution < -0.4 is 0 Å². The largest absolute Gasteiger partial charge is 0.262 e. The van der Waals surface area contributed by atoms with Gasteiger partial charge in [-0.05, 0) is 38.8 Å². The van der Waals surface area contributed by atoms with Crippen LogP contribution in [-0.4, -0.2) is 5.71 Å². The highest BCUT2D eigenvalue weighted by Gasteiger charge is 1.91. The first-order valence-corrected chi connectivity index (χ1v) is 5.11. The van der Waals surface area contributed by atoms with E-state index in [-0.39, 0.29) is 0 Å². The van der Waals surface area contributed by atoms with Gasteiger partial charge in [-0.1, -0.05) is 25.3 Å². The molecule has 0 aromatic carbocycles. The van der Waals surface area contributed by atoms with Crippen molar-refractivity contribution in [2.75, 3.05) is 0 Å². The summed E-state index contributed by atoms with van der Waals surface area (Å²) in [6.45, 7) is 5.98. The molecule has 0 amide bonds. The molecular formula is C13H19N. The van der Waals surface area contributed by atoms with Crippen LogP contribution in [-0.2, 0) is 0 Å². The average Bonchev–Trinajstić information content (AvgIpc) is 2.21. The molecule has 0 aliphatic carbocycles. The molecule has 1 heteroatoms. The zero-order valence-electron chi connectivity index (χ0n) is 9.38. The van der Waals surface area contributed by atoms with Crippen molar-refractivity contribution in [3.63, 3.8) is 0 Å². The maximum absolute atomic E-state index is 4.33. The number of aliphatic imine (C=N–C) groups is 1. The Morgan fingerprint density at radius 3 is 2.79 bits per heavy atom. The zero-order valence-corrected chi connectivity index (χ0v) is 9.38. The summed E-state index contributed by atoms with van der Waals surface area (Å²) in [6, 6.07) is 0. The topological polar surface area (TPSA) is 12.4 Å². The van der Waals surface area contributed by atoms with Crippen molar-refractivity contribution in [3.05, 3.63) is 24.4 Å². The van der Waals surface area contributed by atoms with E-state index in [1.807, 2.05) is 38.3 Å². The van der Waals surface area contributed by atoms with Crippen molar-refractivity contribution < 1.29 is 0 Å². The Kier molecular flexibility index (Phi) is 8.89. The van der Waals surface area contributed by atoms with Crippen LogP contribution in [0.15, 0.2) is 29.4 Å². The zero-order chi connectivity index (χ0) is 10.6. The Labute approximate surface area is 87.6 Å². The van der Waals surface area contributed by atoms with E-state index in [1.54, 1.807) is 0 Å². The molecule has 1 nitrogen and oxygen atoms in total. The monoisotopic (exact) mass is 189 g/mol. The van der Waals surface area contributed by atoms with Crippen molar-refractivity contribution >= 4 is 5.71 Å². The maximum Gasteiger partial charge on any atom is 0.0409 e. The second kappa shape index (κ2) is 9.80. The van der Waals surface area contributed by atoms with Gasteiger partial charge < -0.3 is 0 Å². The van der Waals surface area contributed by atoms with E-state index in [2.05, 4.69) is 23.8 Å². The normalized spacial score (nSPS) is 12.1. The first-order chi connectivity index (χ1) is 6.85. The summed E-state index contributed by atoms with van der Waals surface area (Å²) in [7, 11) is 0. The van der Waals surface area contributed by atoms with Crippen LogP contribution in [0.4, 0.5) is 0 Å². The maximum atomic E-state index is 4.33. The molecule has 0 atom stereocenters. The fourth-order valence-electron chi connectivity index (χ4n) is 0.940. The quantitative estimate of drug-likeness (QED) is 0.461. The molecule has 76 valence electrons. The number of hydrogen-bond acceptors (Lipinski definition) is 1. The van der Waals surface area contributed by atoms with Crippen LogP contribution in [0.2, 0.25) is 0 Å². The van der Waals surface area contributed by atoms with Gasteiger partial charge in [0.2, 0.25) is 0 Å². The molecule has 0 heterocycles. The van der Waals surface area contributed by atoms with Gasteiger partial charge in [0.15, 0.2) is 0 Å². The summed E-state index contributed by atoms with van der Waals surface area (Å²) in [6.07, 6.45) is 11.0. The lowest BCUT2D eigenvalue weighted by Crippen LogP contribution is -1.92. The second-order valence-electron chi connectivity index (χ2n) is 2.93. The van der Waals surface area contributed by atoms with Gasteiger partial charge in [0.1, 0.15) is 0 Å². The molecule has 0 fully saturated rings. The predicted molar refractivity (Wildman–Crippen MR) is 64.4 cm³/mol. The standard InChI is InChI=1S/C13H19N/c1-4-7-9-11-13(10-8-5-2)14-12-6-3/h6,9,11-12H,5,8,10H2,1-3H3/b11-9-,12-6-,14-13+. The Morgan fingerprint density at radius 2 is 2.21 bits per heavy atom. The van der Waals surface area contributed by atoms with E-state index in [4.69, 9.17) is 0 Å². The van der Waals surface area contributed by atoms with Crippen LogP contribution in [0.25, 0.3) is 0 Å². The molecule has 14 heavy (non-hydrogen) atoms. The fraction of sp³-hybridized carbons (Fsp3) is 0.462. The van der Waals surface area contributed by atoms with Crippen LogP contribution in [0, 0.1) is 11.8 Å². The van der Waals surface area contributed by atoms with Gasteiger partial charge in [0.25, 0.3) is 0 Å². The smallest absolute Gasteiger partial charge is 0.0409 e. The lowest BCUT2D eigenvalue weighted by Gasteiger charge is -1.96. The van der Waals surface area contributed by atoms with E-state index in [0.29, 0.717) is 0 Å². The van der Waals surface area contributed by atoms with Gasteiger partial charge in [0.05, 0.1) is 0 Å². The summed E-state index contributed by atoms with van der Waals surface area (Å²) in [4.78, 5) is 4.33. The minimum absolute atomic E-state index is 1.03. The van der Waals surface area contributed by atoms with Crippen molar-refractivity contribution in [2.24, 2.45) is 4.99 Å². The molecule has 0 aliphatic rings. The molecule has 0 radical (unpaired) electrons. The van der Waals surface area contributed by atoms with Crippen molar-refractivity contribution in [2.45, 2.75) is 40.0 Å². The molecule has 0 aromatic heterocycles. The molecular weight excluding hydrogens is 170 g/mol. The summed E-state index contributed by atoms with van der Waals surface area (Å²) < 4.78 is 0. The van der Waals surface area contributed by atoms with Crippen molar-refractivity contribution in [3.8, 4) is 11.8 Å². The fourth-order valence-corrected chi connectivity index (χ4v) is 0.940. The van der Waals surface area contributed by atoms with Gasteiger partial charge in [-0.3, -0.25) is 4.99 Å². The number of allylic oxidation sites excluding steroid dienone is 3. The average molecular weight is 189 g/mol. The molecule has 0 aromatic rings. The summed E-state index contributed by atoms with van der Waals surface area (Å²) in [5.74, 6) is 5.72. The minimum atomic E-state index is 1.03. The third-order valence-electron chi connectivity index (χ3n) is 1.68. The Balaban J connectivity index is 4.28. The summed E-state index contributed by atoms with van der Waals surface area (Å²) in [5, 5.41) is 0. The third kappa shape index (κ3) is 7.36. The molecule has 0 saturated carbocycles. The highest BCUT2D eigenvalue weighted by Crippen LogP contribution is 1.99. The van der Waals surface area contributed by atoms with Crippen LogP contribution in [0.3, 0.4) is 0 Å². The molecule has 0 unspecified atom stereocenters. The Bertz CT molecular complexity index is 271. The van der Waals surface area contributed by atoms with Gasteiger partial charge in [0, 0.05) is 11.9 Å². The van der Waals surface area contributed by atoms with E-state index >= 15 is 0 Å². The van der Waals surface area contributed by atoms with Crippen LogP contribution in [0.5, 0.6) is 0 Å². The lowest BCUT2D eigenvalue weighted by molar-refractivity contribution is 0.836. The SMILES string of the molecule is CC#C\C=C/C(CCCC)=N/C=C\C. The minimum Gasteiger partial charge on any atom is -0.262 e. The van der Waals surface area contributed by atoms with Crippen LogP contribution in [0.1, 0.15) is 40.0 Å². The lowest BCUT2D eigenvalue weighted by atomic mass is 10.1. The predicted octanol–water partition coefficient (Wildman–Crippen LogP) is 3.73. The molecule has 0 bridgehead atoms. The first-order valence-electron chi connectivity index (χ1n) is 5.11. The molecule has 0 rings (SSSR count). The summed E-state index contributed by atoms with van der Waals surface area (Å²) >= 11 is 0. The molecule has 0 saturated heterocycles. The highest BCUT2D eigenvalue weighted by molar-refractivity contribution is 5.95. The summed E-state index contributed by atoms with van der Waals surface area (Å²) in [5.41, 5.74) is 1.10. The first kappa shape index (κ1) is 12.7. The highest BCUT2D eigenvalue weighted by atomic mass is 14.7. The second-order valence-corrected chi connectivity index (χ2v) is 2.93. The van der Waals surface area contributed by atoms with E-state index in [1.165, 1.54) is 12.8 Å². The van der Waals surface area contributed by atoms with Gasteiger partial charge >= 0.3 is 0 Å². The molecule has 0 spiro atoms. The van der Waals surface area contributed by atoms with E-state index < -0.39 is 0 Å². The van der Waals surface area contributed by atoms with Crippen LogP contribution >= 0.6 is 0 Å². The van der Waals surface area contributed by atoms with Gasteiger partial charge in [-0.25, -0.2) is 0 Å². The Hall–Kier alpha value is -1.29. The number of nitrogens with zero attached hydrogens (tertiary/aromatic N) is 1. The molecule has 0 aliphatic heterocycles. The number of rotatable bonds is 5. The van der Waals surface area contributed by atoms with E-state index in [9.17, 15) is 0 Å². The van der Waals surface area contributed by atoms with Gasteiger partial charge in [-0.2, -0.15) is 0 Å². The van der Waals surface area contributed by atoms with Crippen molar-refractivity contribution in [1.82, 2.24) is 0 Å². The van der Waals surface area contributed by atoms with Gasteiger partial charge in [-0.15, -0.1) is 5.92 Å². The Morgan fingerprint density at radius 1 is 1.43 bits per heavy atom. The van der Waals surface area contributed by atoms with Crippen molar-refractivity contribution in [1.29, 1.82) is 0 Å².